The first-order valence-electron chi connectivity index (χ1n) is 23.9. The largest absolute Gasteiger partial charge is 1.00 e. The number of hydrogen-bond acceptors (Lipinski definition) is 6. The van der Waals surface area contributed by atoms with Gasteiger partial charge in [-0.25, -0.2) is 4.98 Å². The van der Waals surface area contributed by atoms with Crippen LogP contribution in [0.15, 0.2) is 188 Å². The Morgan fingerprint density at radius 1 is 0.662 bits per heavy atom. The number of ether oxygens (including phenoxy) is 2. The normalized spacial score (nSPS) is 12.9. The zero-order valence-corrected chi connectivity index (χ0v) is 42.1. The third-order valence-electron chi connectivity index (χ3n) is 13.3. The quantitative estimate of drug-likeness (QED) is 0.0417. The van der Waals surface area contributed by atoms with E-state index in [1.165, 1.54) is 21.5 Å². The van der Waals surface area contributed by atoms with E-state index in [0.29, 0.717) is 31.9 Å². The molecule has 0 radical (unpaired) electrons. The fourth-order valence-electron chi connectivity index (χ4n) is 9.91. The molecule has 2 atom stereocenters. The molecule has 7 aromatic carbocycles. The van der Waals surface area contributed by atoms with E-state index in [4.69, 9.17) is 14.5 Å². The highest BCUT2D eigenvalue weighted by Crippen LogP contribution is 2.56. The van der Waals surface area contributed by atoms with E-state index in [2.05, 4.69) is 157 Å². The Kier molecular flexibility index (Phi) is 17.7. The maximum atomic E-state index is 13.4. The molecule has 6 nitrogen and oxygen atoms in total. The van der Waals surface area contributed by atoms with Gasteiger partial charge in [0.1, 0.15) is 28.8 Å². The number of aliphatic hydroxyl groups is 1. The number of nitrogens with zero attached hydrogens (tertiary/aromatic N) is 2. The molecule has 2 unspecified atom stereocenters. The molecule has 1 N–H and O–H groups in total. The first-order valence-corrected chi connectivity index (χ1v) is 25.9. The van der Waals surface area contributed by atoms with E-state index in [1.54, 1.807) is 7.11 Å². The number of hydrogen-bond donors (Lipinski definition) is 1. The molecule has 8 aromatic rings. The Labute approximate surface area is 414 Å². The summed E-state index contributed by atoms with van der Waals surface area (Å²) in [4.78, 5) is 20.1. The summed E-state index contributed by atoms with van der Waals surface area (Å²) in [6.45, 7) is 1.09. The van der Waals surface area contributed by atoms with E-state index < -0.39 is 18.8 Å². The first-order chi connectivity index (χ1) is 32.8. The van der Waals surface area contributed by atoms with Gasteiger partial charge >= 0.3 is 5.97 Å². The van der Waals surface area contributed by atoms with Gasteiger partial charge in [0.25, 0.3) is 0 Å². The monoisotopic (exact) mass is 986 g/mol. The molecule has 0 bridgehead atoms. The van der Waals surface area contributed by atoms with Crippen molar-refractivity contribution in [1.82, 2.24) is 9.88 Å². The fraction of sp³-hybridized carbons (Fsp3) is 0.267. The molecule has 0 aliphatic heterocycles. The zero-order valence-electron chi connectivity index (χ0n) is 39.6. The second-order valence-corrected chi connectivity index (χ2v) is 21.6. The SMILES string of the molecule is COc1nc2ccc(CCCCOC(=O)CCCCC[P+](c3ccccc3)(c3ccccc3)c3ccccc3)cc2cc1C(c1ccccc1)C(O)(CCN(C)C)c1cccc2ccccc12.[Br-]. The van der Waals surface area contributed by atoms with Gasteiger partial charge in [0, 0.05) is 29.8 Å². The Morgan fingerprint density at radius 3 is 1.90 bits per heavy atom. The summed E-state index contributed by atoms with van der Waals surface area (Å²) in [5.41, 5.74) is 3.41. The summed E-state index contributed by atoms with van der Waals surface area (Å²) >= 11 is 0. The van der Waals surface area contributed by atoms with Gasteiger partial charge < -0.3 is 36.5 Å². The molecule has 68 heavy (non-hydrogen) atoms. The number of fused-ring (bicyclic) bond motifs is 2. The van der Waals surface area contributed by atoms with Crippen LogP contribution in [0, 0.1) is 0 Å². The lowest BCUT2D eigenvalue weighted by Gasteiger charge is -2.39. The van der Waals surface area contributed by atoms with Crippen molar-refractivity contribution in [3.8, 4) is 5.88 Å². The van der Waals surface area contributed by atoms with Crippen LogP contribution in [0.4, 0.5) is 0 Å². The molecular weight excluding hydrogens is 924 g/mol. The predicted octanol–water partition coefficient (Wildman–Crippen LogP) is 8.79. The second kappa shape index (κ2) is 24.0. The average molecular weight is 988 g/mol. The molecule has 0 fully saturated rings. The van der Waals surface area contributed by atoms with Crippen LogP contribution in [0.25, 0.3) is 21.7 Å². The lowest BCUT2D eigenvalue weighted by atomic mass is 9.70. The third kappa shape index (κ3) is 11.6. The molecular formula is C60H64BrN2O4P. The van der Waals surface area contributed by atoms with E-state index in [0.717, 1.165) is 83.1 Å². The Morgan fingerprint density at radius 2 is 1.26 bits per heavy atom. The van der Waals surface area contributed by atoms with Gasteiger partial charge in [-0.05, 0) is 141 Å². The number of unbranched alkanes of at least 4 members (excludes halogenated alkanes) is 3. The van der Waals surface area contributed by atoms with Gasteiger partial charge in [-0.1, -0.05) is 133 Å². The number of pyridine rings is 1. The summed E-state index contributed by atoms with van der Waals surface area (Å²) in [7, 11) is 3.88. The van der Waals surface area contributed by atoms with Gasteiger partial charge in [0.2, 0.25) is 5.88 Å². The van der Waals surface area contributed by atoms with Crippen molar-refractivity contribution in [2.75, 3.05) is 40.5 Å². The number of aryl methyl sites for hydroxylation is 1. The summed E-state index contributed by atoms with van der Waals surface area (Å²) < 4.78 is 11.8. The van der Waals surface area contributed by atoms with E-state index in [9.17, 15) is 9.90 Å². The highest BCUT2D eigenvalue weighted by molar-refractivity contribution is 7.95. The van der Waals surface area contributed by atoms with E-state index >= 15 is 0 Å². The lowest BCUT2D eigenvalue weighted by molar-refractivity contribution is -0.143. The Balaban J connectivity index is 0.00000684. The van der Waals surface area contributed by atoms with Crippen molar-refractivity contribution in [2.45, 2.75) is 62.9 Å². The molecule has 8 rings (SSSR count). The van der Waals surface area contributed by atoms with Gasteiger partial charge in [0.15, 0.2) is 0 Å². The smallest absolute Gasteiger partial charge is 0.305 e. The maximum absolute atomic E-state index is 13.4. The number of rotatable bonds is 22. The van der Waals surface area contributed by atoms with Crippen LogP contribution in [-0.4, -0.2) is 61.5 Å². The summed E-state index contributed by atoms with van der Waals surface area (Å²) in [6, 6.07) is 66.3. The fourth-order valence-corrected chi connectivity index (χ4v) is 14.3. The summed E-state index contributed by atoms with van der Waals surface area (Å²) in [5.74, 6) is -0.103. The van der Waals surface area contributed by atoms with Crippen LogP contribution < -0.4 is 37.6 Å². The molecule has 8 heteroatoms. The lowest BCUT2D eigenvalue weighted by Crippen LogP contribution is -3.00. The predicted molar refractivity (Wildman–Crippen MR) is 280 cm³/mol. The van der Waals surface area contributed by atoms with Crippen LogP contribution >= 0.6 is 7.26 Å². The van der Waals surface area contributed by atoms with Crippen molar-refractivity contribution >= 4 is 50.8 Å². The van der Waals surface area contributed by atoms with Crippen molar-refractivity contribution < 1.29 is 36.4 Å². The standard InChI is InChI=1S/C60H64N2O4P.BrH/c1-62(2)41-40-60(64,55-36-23-28-47-25-18-19-35-53(47)55)58(48-26-9-4-10-27-48)54-45-49-44-46(38-39-56(49)61-59(54)65-3)24-20-21-42-66-57(63)37-17-8-22-43-67(50-29-11-5-12-30-50,51-31-13-6-14-32-51)52-33-15-7-16-34-52;/h4-7,9-16,18-19,23,25-36,38-39,44-45,58,64H,8,17,20-22,24,37,40-43H2,1-3H3;1H/q+1;/p-1. The molecule has 0 aliphatic carbocycles. The first kappa shape index (κ1) is 50.2. The number of esters is 1. The van der Waals surface area contributed by atoms with Gasteiger partial charge in [-0.2, -0.15) is 0 Å². The van der Waals surface area contributed by atoms with Crippen molar-refractivity contribution in [2.24, 2.45) is 0 Å². The summed E-state index contributed by atoms with van der Waals surface area (Å²) in [5, 5.41) is 20.7. The molecule has 0 saturated heterocycles. The second-order valence-electron chi connectivity index (χ2n) is 18.0. The van der Waals surface area contributed by atoms with E-state index in [1.807, 2.05) is 50.5 Å². The van der Waals surface area contributed by atoms with E-state index in [-0.39, 0.29) is 23.0 Å². The molecule has 0 amide bonds. The highest BCUT2D eigenvalue weighted by Gasteiger charge is 2.45. The number of aromatic nitrogens is 1. The Bertz CT molecular complexity index is 2730. The highest BCUT2D eigenvalue weighted by atomic mass is 79.9. The minimum absolute atomic E-state index is 0. The van der Waals surface area contributed by atoms with Gasteiger partial charge in [0.05, 0.1) is 25.4 Å². The topological polar surface area (TPSA) is 71.9 Å². The minimum Gasteiger partial charge on any atom is -1.00 e. The minimum atomic E-state index is -1.87. The Hall–Kier alpha value is -5.69. The molecule has 0 aliphatic rings. The van der Waals surface area contributed by atoms with Crippen LogP contribution in [0.5, 0.6) is 5.88 Å². The number of carbonyl (C=O) groups excluding carboxylic acids is 1. The molecule has 350 valence electrons. The van der Waals surface area contributed by atoms with Crippen molar-refractivity contribution in [1.29, 1.82) is 0 Å². The van der Waals surface area contributed by atoms with Crippen molar-refractivity contribution in [3.63, 3.8) is 0 Å². The molecule has 0 spiro atoms. The number of methoxy groups -OCH3 is 1. The van der Waals surface area contributed by atoms with Gasteiger partial charge in [-0.3, -0.25) is 4.79 Å². The number of carbonyl (C=O) groups is 1. The van der Waals surface area contributed by atoms with Crippen LogP contribution in [-0.2, 0) is 21.6 Å². The number of benzene rings is 7. The third-order valence-corrected chi connectivity index (χ3v) is 17.8. The molecule has 0 saturated carbocycles. The van der Waals surface area contributed by atoms with Crippen LogP contribution in [0.1, 0.15) is 73.1 Å². The number of halogens is 1. The van der Waals surface area contributed by atoms with Gasteiger partial charge in [-0.15, -0.1) is 0 Å². The average Bonchev–Trinajstić information content (AvgIpc) is 3.37. The molecule has 1 heterocycles. The summed E-state index contributed by atoms with van der Waals surface area (Å²) in [6.07, 6.45) is 7.31. The molecule has 1 aromatic heterocycles. The zero-order chi connectivity index (χ0) is 46.5. The van der Waals surface area contributed by atoms with Crippen molar-refractivity contribution in [3.05, 3.63) is 210 Å². The maximum Gasteiger partial charge on any atom is 0.305 e. The van der Waals surface area contributed by atoms with Crippen LogP contribution in [0.3, 0.4) is 0 Å². The van der Waals surface area contributed by atoms with Crippen LogP contribution in [0.2, 0.25) is 0 Å².